The average molecular weight is 424 g/mol. The molecular formula is C24H26FN3OS. The lowest BCUT2D eigenvalue weighted by atomic mass is 9.88. The van der Waals surface area contributed by atoms with Crippen molar-refractivity contribution in [1.29, 1.82) is 0 Å². The van der Waals surface area contributed by atoms with Crippen LogP contribution in [0.2, 0.25) is 0 Å². The maximum Gasteiger partial charge on any atom is 0.255 e. The molecule has 0 bridgehead atoms. The number of aromatic amines is 1. The fourth-order valence-electron chi connectivity index (χ4n) is 4.69. The number of nitrogens with one attached hydrogen (secondary N) is 1. The lowest BCUT2D eigenvalue weighted by Gasteiger charge is -2.28. The summed E-state index contributed by atoms with van der Waals surface area (Å²) in [7, 11) is 0. The summed E-state index contributed by atoms with van der Waals surface area (Å²) in [6.45, 7) is 2.28. The number of nitrogens with zero attached hydrogens (tertiary/aromatic N) is 2. The SMILES string of the molecule is O=c1[nH]c(C2CCCCC2)nc2c1CN(Cc1ccc(-c3ccccc3F)s1)CC2. The number of fused-ring (bicyclic) bond motifs is 1. The van der Waals surface area contributed by atoms with E-state index in [2.05, 4.69) is 16.0 Å². The van der Waals surface area contributed by atoms with E-state index >= 15 is 0 Å². The van der Waals surface area contributed by atoms with E-state index in [1.54, 1.807) is 17.4 Å². The van der Waals surface area contributed by atoms with E-state index < -0.39 is 0 Å². The number of hydrogen-bond donors (Lipinski definition) is 1. The van der Waals surface area contributed by atoms with Gasteiger partial charge in [0.15, 0.2) is 0 Å². The monoisotopic (exact) mass is 423 g/mol. The zero-order chi connectivity index (χ0) is 20.5. The molecule has 1 fully saturated rings. The Morgan fingerprint density at radius 3 is 2.80 bits per heavy atom. The molecule has 0 spiro atoms. The summed E-state index contributed by atoms with van der Waals surface area (Å²) < 4.78 is 14.1. The normalized spacial score (nSPS) is 17.8. The van der Waals surface area contributed by atoms with Crippen LogP contribution in [0, 0.1) is 5.82 Å². The lowest BCUT2D eigenvalue weighted by molar-refractivity contribution is 0.243. The van der Waals surface area contributed by atoms with Gasteiger partial charge in [-0.2, -0.15) is 0 Å². The average Bonchev–Trinajstić information content (AvgIpc) is 3.23. The number of rotatable bonds is 4. The molecule has 1 aliphatic carbocycles. The van der Waals surface area contributed by atoms with E-state index in [1.807, 2.05) is 18.2 Å². The van der Waals surface area contributed by atoms with Crippen LogP contribution >= 0.6 is 11.3 Å². The minimum atomic E-state index is -0.191. The maximum absolute atomic E-state index is 14.1. The van der Waals surface area contributed by atoms with Crippen LogP contribution < -0.4 is 5.56 Å². The molecule has 1 N–H and O–H groups in total. The third kappa shape index (κ3) is 3.98. The Bertz CT molecular complexity index is 1100. The zero-order valence-electron chi connectivity index (χ0n) is 17.0. The molecule has 3 heterocycles. The third-order valence-electron chi connectivity index (χ3n) is 6.34. The van der Waals surface area contributed by atoms with Crippen LogP contribution in [0.5, 0.6) is 0 Å². The van der Waals surface area contributed by atoms with Crippen LogP contribution in [-0.2, 0) is 19.5 Å². The predicted molar refractivity (Wildman–Crippen MR) is 118 cm³/mol. The highest BCUT2D eigenvalue weighted by molar-refractivity contribution is 7.15. The number of benzene rings is 1. The van der Waals surface area contributed by atoms with Gasteiger partial charge in [-0.15, -0.1) is 11.3 Å². The van der Waals surface area contributed by atoms with Gasteiger partial charge in [-0.05, 0) is 31.0 Å². The fourth-order valence-corrected chi connectivity index (χ4v) is 5.77. The van der Waals surface area contributed by atoms with Crippen molar-refractivity contribution in [3.63, 3.8) is 0 Å². The van der Waals surface area contributed by atoms with E-state index in [1.165, 1.54) is 30.2 Å². The first kappa shape index (κ1) is 19.6. The molecule has 2 aromatic heterocycles. The van der Waals surface area contributed by atoms with Crippen molar-refractivity contribution < 1.29 is 4.39 Å². The second-order valence-electron chi connectivity index (χ2n) is 8.42. The molecule has 4 nitrogen and oxygen atoms in total. The molecule has 0 saturated heterocycles. The number of thiophene rings is 1. The predicted octanol–water partition coefficient (Wildman–Crippen LogP) is 5.24. The van der Waals surface area contributed by atoms with E-state index in [-0.39, 0.29) is 11.4 Å². The zero-order valence-corrected chi connectivity index (χ0v) is 17.8. The molecule has 156 valence electrons. The fraction of sp³-hybridized carbons (Fsp3) is 0.417. The molecule has 3 aromatic rings. The van der Waals surface area contributed by atoms with Gasteiger partial charge in [-0.1, -0.05) is 37.5 Å². The summed E-state index contributed by atoms with van der Waals surface area (Å²) in [6.07, 6.45) is 6.84. The van der Waals surface area contributed by atoms with E-state index in [0.717, 1.165) is 54.3 Å². The van der Waals surface area contributed by atoms with Crippen molar-refractivity contribution in [2.45, 2.75) is 57.5 Å². The van der Waals surface area contributed by atoms with E-state index in [0.29, 0.717) is 18.0 Å². The van der Waals surface area contributed by atoms with Crippen LogP contribution in [0.3, 0.4) is 0 Å². The molecule has 30 heavy (non-hydrogen) atoms. The van der Waals surface area contributed by atoms with Crippen molar-refractivity contribution >= 4 is 11.3 Å². The number of halogens is 1. The minimum absolute atomic E-state index is 0.0310. The van der Waals surface area contributed by atoms with Crippen LogP contribution in [0.4, 0.5) is 4.39 Å². The second kappa shape index (κ2) is 8.44. The van der Waals surface area contributed by atoms with Crippen LogP contribution in [0.25, 0.3) is 10.4 Å². The van der Waals surface area contributed by atoms with Gasteiger partial charge in [-0.3, -0.25) is 9.69 Å². The van der Waals surface area contributed by atoms with Crippen molar-refractivity contribution in [3.05, 3.63) is 74.5 Å². The number of aromatic nitrogens is 2. The van der Waals surface area contributed by atoms with Crippen molar-refractivity contribution in [3.8, 4) is 10.4 Å². The summed E-state index contributed by atoms with van der Waals surface area (Å²) >= 11 is 1.62. The Kier molecular flexibility index (Phi) is 5.52. The second-order valence-corrected chi connectivity index (χ2v) is 9.59. The van der Waals surface area contributed by atoms with E-state index in [9.17, 15) is 9.18 Å². The van der Waals surface area contributed by atoms with Gasteiger partial charge >= 0.3 is 0 Å². The first-order chi connectivity index (χ1) is 14.7. The molecule has 1 aromatic carbocycles. The standard InChI is InChI=1S/C24H26FN3OS/c25-20-9-5-4-8-18(20)22-11-10-17(30-22)14-28-13-12-21-19(15-28)24(29)27-23(26-21)16-6-2-1-3-7-16/h4-5,8-11,16H,1-3,6-7,12-15H2,(H,26,27,29). The molecule has 1 aliphatic heterocycles. The Balaban J connectivity index is 1.31. The summed E-state index contributed by atoms with van der Waals surface area (Å²) in [6, 6.07) is 10.9. The Morgan fingerprint density at radius 1 is 1.13 bits per heavy atom. The van der Waals surface area contributed by atoms with Gasteiger partial charge in [0.05, 0.1) is 11.3 Å². The van der Waals surface area contributed by atoms with Gasteiger partial charge in [0.2, 0.25) is 0 Å². The molecule has 2 aliphatic rings. The first-order valence-electron chi connectivity index (χ1n) is 10.9. The smallest absolute Gasteiger partial charge is 0.255 e. The van der Waals surface area contributed by atoms with Gasteiger partial charge in [0.1, 0.15) is 11.6 Å². The summed E-state index contributed by atoms with van der Waals surface area (Å²) in [5, 5.41) is 0. The quantitative estimate of drug-likeness (QED) is 0.624. The van der Waals surface area contributed by atoms with Gasteiger partial charge < -0.3 is 4.98 Å². The van der Waals surface area contributed by atoms with E-state index in [4.69, 9.17) is 4.98 Å². The molecule has 5 rings (SSSR count). The third-order valence-corrected chi connectivity index (χ3v) is 7.44. The highest BCUT2D eigenvalue weighted by atomic mass is 32.1. The molecule has 1 saturated carbocycles. The highest BCUT2D eigenvalue weighted by Gasteiger charge is 2.24. The van der Waals surface area contributed by atoms with Gasteiger partial charge in [-0.25, -0.2) is 9.37 Å². The molecule has 0 atom stereocenters. The first-order valence-corrected chi connectivity index (χ1v) is 11.7. The largest absolute Gasteiger partial charge is 0.310 e. The molecular weight excluding hydrogens is 397 g/mol. The number of H-pyrrole nitrogens is 1. The number of hydrogen-bond acceptors (Lipinski definition) is 4. The van der Waals surface area contributed by atoms with Crippen LogP contribution in [0.15, 0.2) is 41.2 Å². The minimum Gasteiger partial charge on any atom is -0.310 e. The topological polar surface area (TPSA) is 49.0 Å². The molecule has 0 amide bonds. The lowest BCUT2D eigenvalue weighted by Crippen LogP contribution is -2.36. The van der Waals surface area contributed by atoms with Gasteiger partial charge in [0, 0.05) is 47.3 Å². The highest BCUT2D eigenvalue weighted by Crippen LogP contribution is 2.32. The Labute approximate surface area is 179 Å². The van der Waals surface area contributed by atoms with Crippen molar-refractivity contribution in [2.24, 2.45) is 0 Å². The van der Waals surface area contributed by atoms with Crippen LogP contribution in [0.1, 0.15) is 60.0 Å². The summed E-state index contributed by atoms with van der Waals surface area (Å²) in [5.74, 6) is 1.13. The molecule has 0 unspecified atom stereocenters. The van der Waals surface area contributed by atoms with Crippen LogP contribution in [-0.4, -0.2) is 21.4 Å². The van der Waals surface area contributed by atoms with Crippen molar-refractivity contribution in [2.75, 3.05) is 6.54 Å². The summed E-state index contributed by atoms with van der Waals surface area (Å²) in [5.41, 5.74) is 2.47. The Hall–Kier alpha value is -2.31. The summed E-state index contributed by atoms with van der Waals surface area (Å²) in [4.78, 5) is 25.2. The van der Waals surface area contributed by atoms with Gasteiger partial charge in [0.25, 0.3) is 5.56 Å². The molecule has 0 radical (unpaired) electrons. The molecule has 6 heteroatoms. The maximum atomic E-state index is 14.1. The Morgan fingerprint density at radius 2 is 1.97 bits per heavy atom. The van der Waals surface area contributed by atoms with Crippen molar-refractivity contribution in [1.82, 2.24) is 14.9 Å².